The van der Waals surface area contributed by atoms with Crippen molar-refractivity contribution in [2.24, 2.45) is 0 Å². The maximum atomic E-state index is 12.0. The van der Waals surface area contributed by atoms with Crippen LogP contribution in [-0.2, 0) is 22.7 Å². The molecule has 1 aromatic heterocycles. The molecule has 0 atom stereocenters. The number of nitrogens with two attached hydrogens (primary N) is 1. The van der Waals surface area contributed by atoms with Crippen molar-refractivity contribution in [1.82, 2.24) is 4.98 Å². The number of pyridine rings is 1. The average molecular weight is 269 g/mol. The van der Waals surface area contributed by atoms with Gasteiger partial charge >= 0.3 is 0 Å². The van der Waals surface area contributed by atoms with Gasteiger partial charge in [0.25, 0.3) is 0 Å². The van der Waals surface area contributed by atoms with Crippen LogP contribution in [-0.4, -0.2) is 10.9 Å². The van der Waals surface area contributed by atoms with Crippen LogP contribution in [0, 0.1) is 0 Å². The fourth-order valence-electron chi connectivity index (χ4n) is 2.33. The number of nitrogen functional groups attached to an aromatic ring is 1. The Bertz CT molecular complexity index is 670. The summed E-state index contributed by atoms with van der Waals surface area (Å²) in [7, 11) is 0. The summed E-state index contributed by atoms with van der Waals surface area (Å²) < 4.78 is 5.40. The Morgan fingerprint density at radius 2 is 2.05 bits per heavy atom. The van der Waals surface area contributed by atoms with E-state index in [0.717, 1.165) is 16.8 Å². The van der Waals surface area contributed by atoms with Gasteiger partial charge in [-0.25, -0.2) is 4.98 Å². The van der Waals surface area contributed by atoms with Crippen LogP contribution in [0.1, 0.15) is 18.1 Å². The smallest absolute Gasteiger partial charge is 0.229 e. The first-order chi connectivity index (χ1) is 9.65. The summed E-state index contributed by atoms with van der Waals surface area (Å²) in [6.07, 6.45) is 1.59. The van der Waals surface area contributed by atoms with Crippen molar-refractivity contribution < 1.29 is 9.53 Å². The Balaban J connectivity index is 2.05. The minimum Gasteiger partial charge on any atom is -0.399 e. The lowest BCUT2D eigenvalue weighted by atomic mass is 10.1. The van der Waals surface area contributed by atoms with Gasteiger partial charge in [-0.3, -0.25) is 9.69 Å². The van der Waals surface area contributed by atoms with Crippen LogP contribution in [0.25, 0.3) is 0 Å². The number of ether oxygens (including phenoxy) is 1. The summed E-state index contributed by atoms with van der Waals surface area (Å²) in [5, 5.41) is 0. The Morgan fingerprint density at radius 3 is 2.80 bits per heavy atom. The average Bonchev–Trinajstić information content (AvgIpc) is 2.86. The molecule has 1 aromatic carbocycles. The third-order valence-corrected chi connectivity index (χ3v) is 3.28. The normalized spacial score (nSPS) is 13.1. The van der Waals surface area contributed by atoms with Gasteiger partial charge in [-0.05, 0) is 29.3 Å². The van der Waals surface area contributed by atoms with E-state index in [2.05, 4.69) is 4.98 Å². The van der Waals surface area contributed by atoms with E-state index in [4.69, 9.17) is 10.5 Å². The Labute approximate surface area is 117 Å². The number of nitrogens with zero attached hydrogens (tertiary/aromatic N) is 2. The van der Waals surface area contributed by atoms with Crippen LogP contribution in [0.3, 0.4) is 0 Å². The second kappa shape index (κ2) is 4.94. The van der Waals surface area contributed by atoms with Crippen molar-refractivity contribution in [1.29, 1.82) is 0 Å². The number of rotatable bonds is 2. The summed E-state index contributed by atoms with van der Waals surface area (Å²) in [5.74, 6) is 0.415. The first kappa shape index (κ1) is 12.6. The number of carbonyl (C=O) groups is 1. The molecule has 5 nitrogen and oxygen atoms in total. The molecular weight excluding hydrogens is 254 g/mol. The molecule has 0 aliphatic carbocycles. The zero-order chi connectivity index (χ0) is 14.1. The van der Waals surface area contributed by atoms with Crippen molar-refractivity contribution in [3.63, 3.8) is 0 Å². The predicted molar refractivity (Wildman–Crippen MR) is 76.4 cm³/mol. The van der Waals surface area contributed by atoms with Crippen molar-refractivity contribution >= 4 is 23.1 Å². The van der Waals surface area contributed by atoms with Crippen molar-refractivity contribution in [2.75, 3.05) is 10.6 Å². The van der Waals surface area contributed by atoms with Crippen molar-refractivity contribution in [2.45, 2.75) is 20.1 Å². The van der Waals surface area contributed by atoms with Gasteiger partial charge in [0.1, 0.15) is 5.82 Å². The molecule has 2 heterocycles. The minimum absolute atomic E-state index is 0.109. The molecule has 2 N–H and O–H groups in total. The van der Waals surface area contributed by atoms with Crippen LogP contribution in [0.5, 0.6) is 0 Å². The standard InChI is InChI=1S/C15H15N3O2/c1-10(19)18(15-7-13(16)4-5-17-15)14-3-2-11-8-20-9-12(11)6-14/h2-7H,8-9H2,1H3,(H2,16,17). The predicted octanol–water partition coefficient (Wildman–Crippen LogP) is 2.38. The summed E-state index contributed by atoms with van der Waals surface area (Å²) in [4.78, 5) is 17.7. The number of carbonyl (C=O) groups excluding carboxylic acids is 1. The van der Waals surface area contributed by atoms with E-state index < -0.39 is 0 Å². The molecule has 5 heteroatoms. The first-order valence-electron chi connectivity index (χ1n) is 6.37. The number of fused-ring (bicyclic) bond motifs is 1. The lowest BCUT2D eigenvalue weighted by molar-refractivity contribution is -0.115. The summed E-state index contributed by atoms with van der Waals surface area (Å²) in [6.45, 7) is 2.72. The van der Waals surface area contributed by atoms with E-state index in [1.807, 2.05) is 18.2 Å². The molecule has 0 radical (unpaired) electrons. The van der Waals surface area contributed by atoms with Crippen molar-refractivity contribution in [3.05, 3.63) is 47.7 Å². The van der Waals surface area contributed by atoms with E-state index in [0.29, 0.717) is 24.7 Å². The fraction of sp³-hybridized carbons (Fsp3) is 0.200. The zero-order valence-corrected chi connectivity index (χ0v) is 11.2. The van der Waals surface area contributed by atoms with Gasteiger partial charge in [0.15, 0.2) is 0 Å². The van der Waals surface area contributed by atoms with E-state index in [1.54, 1.807) is 23.2 Å². The van der Waals surface area contributed by atoms with E-state index >= 15 is 0 Å². The number of hydrogen-bond donors (Lipinski definition) is 1. The molecule has 0 fully saturated rings. The highest BCUT2D eigenvalue weighted by Gasteiger charge is 2.19. The number of amides is 1. The van der Waals surface area contributed by atoms with E-state index in [9.17, 15) is 4.79 Å². The molecule has 0 unspecified atom stereocenters. The molecular formula is C15H15N3O2. The molecule has 0 saturated heterocycles. The lowest BCUT2D eigenvalue weighted by Crippen LogP contribution is -2.24. The summed E-state index contributed by atoms with van der Waals surface area (Å²) >= 11 is 0. The molecule has 0 bridgehead atoms. The highest BCUT2D eigenvalue weighted by atomic mass is 16.5. The monoisotopic (exact) mass is 269 g/mol. The Morgan fingerprint density at radius 1 is 1.25 bits per heavy atom. The fourth-order valence-corrected chi connectivity index (χ4v) is 2.33. The molecule has 2 aromatic rings. The minimum atomic E-state index is -0.109. The van der Waals surface area contributed by atoms with Crippen LogP contribution < -0.4 is 10.6 Å². The first-order valence-corrected chi connectivity index (χ1v) is 6.37. The van der Waals surface area contributed by atoms with Gasteiger partial charge in [0, 0.05) is 24.9 Å². The van der Waals surface area contributed by atoms with Crippen LogP contribution in [0.15, 0.2) is 36.5 Å². The summed E-state index contributed by atoms with van der Waals surface area (Å²) in [6, 6.07) is 9.23. The second-order valence-corrected chi connectivity index (χ2v) is 4.75. The highest BCUT2D eigenvalue weighted by molar-refractivity contribution is 5.98. The lowest BCUT2D eigenvalue weighted by Gasteiger charge is -2.21. The van der Waals surface area contributed by atoms with Crippen LogP contribution in [0.2, 0.25) is 0 Å². The Hall–Kier alpha value is -2.40. The molecule has 0 saturated carbocycles. The molecule has 3 rings (SSSR count). The third-order valence-electron chi connectivity index (χ3n) is 3.28. The maximum Gasteiger partial charge on any atom is 0.229 e. The molecule has 1 amide bonds. The largest absolute Gasteiger partial charge is 0.399 e. The molecule has 0 spiro atoms. The van der Waals surface area contributed by atoms with E-state index in [1.165, 1.54) is 6.92 Å². The van der Waals surface area contributed by atoms with Crippen LogP contribution >= 0.6 is 0 Å². The van der Waals surface area contributed by atoms with E-state index in [-0.39, 0.29) is 5.91 Å². The number of benzene rings is 1. The number of anilines is 3. The zero-order valence-electron chi connectivity index (χ0n) is 11.2. The molecule has 1 aliphatic rings. The summed E-state index contributed by atoms with van der Waals surface area (Å²) in [5.41, 5.74) is 9.39. The Kier molecular flexibility index (Phi) is 3.12. The SMILES string of the molecule is CC(=O)N(c1ccc2c(c1)COC2)c1cc(N)ccn1. The van der Waals surface area contributed by atoms with Gasteiger partial charge < -0.3 is 10.5 Å². The van der Waals surface area contributed by atoms with Gasteiger partial charge in [0.2, 0.25) is 5.91 Å². The highest BCUT2D eigenvalue weighted by Crippen LogP contribution is 2.29. The third kappa shape index (κ3) is 2.23. The molecule has 20 heavy (non-hydrogen) atoms. The molecule has 102 valence electrons. The number of aromatic nitrogens is 1. The van der Waals surface area contributed by atoms with Crippen molar-refractivity contribution in [3.8, 4) is 0 Å². The maximum absolute atomic E-state index is 12.0. The van der Waals surface area contributed by atoms with Gasteiger partial charge in [-0.1, -0.05) is 6.07 Å². The second-order valence-electron chi connectivity index (χ2n) is 4.75. The van der Waals surface area contributed by atoms with Gasteiger partial charge in [0.05, 0.1) is 18.9 Å². The number of hydrogen-bond acceptors (Lipinski definition) is 4. The van der Waals surface area contributed by atoms with Crippen LogP contribution in [0.4, 0.5) is 17.2 Å². The molecule has 1 aliphatic heterocycles. The van der Waals surface area contributed by atoms with Gasteiger partial charge in [-0.2, -0.15) is 0 Å². The van der Waals surface area contributed by atoms with Gasteiger partial charge in [-0.15, -0.1) is 0 Å². The topological polar surface area (TPSA) is 68.5 Å². The quantitative estimate of drug-likeness (QED) is 0.908.